The average molecular weight is 536 g/mol. The quantitative estimate of drug-likeness (QED) is 0.393. The number of ether oxygens (including phenoxy) is 1. The van der Waals surface area contributed by atoms with E-state index in [1.165, 1.54) is 15.3 Å². The summed E-state index contributed by atoms with van der Waals surface area (Å²) in [5.74, 6) is -0.743. The number of hydrogen-bond acceptors (Lipinski definition) is 5. The van der Waals surface area contributed by atoms with Gasteiger partial charge in [0, 0.05) is 31.1 Å². The molecule has 0 saturated heterocycles. The minimum absolute atomic E-state index is 0.0295. The van der Waals surface area contributed by atoms with Crippen LogP contribution in [-0.4, -0.2) is 56.6 Å². The van der Waals surface area contributed by atoms with Gasteiger partial charge in [-0.15, -0.1) is 0 Å². The van der Waals surface area contributed by atoms with Gasteiger partial charge in [0.25, 0.3) is 0 Å². The summed E-state index contributed by atoms with van der Waals surface area (Å²) in [5, 5.41) is 2.87. The highest BCUT2D eigenvalue weighted by Gasteiger charge is 2.28. The molecule has 1 N–H and O–H groups in total. The molecule has 0 bridgehead atoms. The molecule has 0 fully saturated rings. The van der Waals surface area contributed by atoms with Crippen LogP contribution in [0.4, 0.5) is 10.1 Å². The van der Waals surface area contributed by atoms with Gasteiger partial charge >= 0.3 is 0 Å². The molecular weight excluding hydrogens is 497 g/mol. The molecule has 0 spiro atoms. The van der Waals surface area contributed by atoms with E-state index in [9.17, 15) is 22.4 Å². The van der Waals surface area contributed by atoms with Gasteiger partial charge in [0.2, 0.25) is 21.8 Å². The Morgan fingerprint density at radius 2 is 1.70 bits per heavy atom. The van der Waals surface area contributed by atoms with Crippen LogP contribution in [0.5, 0.6) is 5.75 Å². The van der Waals surface area contributed by atoms with Crippen molar-refractivity contribution in [1.29, 1.82) is 0 Å². The number of hydrogen-bond donors (Lipinski definition) is 1. The van der Waals surface area contributed by atoms with E-state index in [1.54, 1.807) is 49.4 Å². The zero-order valence-corrected chi connectivity index (χ0v) is 23.1. The van der Waals surface area contributed by atoms with Crippen LogP contribution >= 0.6 is 0 Å². The van der Waals surface area contributed by atoms with E-state index < -0.39 is 21.9 Å². The lowest BCUT2D eigenvalue weighted by Crippen LogP contribution is -2.49. The molecule has 2 aromatic rings. The second kappa shape index (κ2) is 14.0. The van der Waals surface area contributed by atoms with Crippen LogP contribution in [-0.2, 0) is 26.2 Å². The van der Waals surface area contributed by atoms with E-state index in [1.807, 2.05) is 20.8 Å². The molecule has 8 nitrogen and oxygen atoms in total. The van der Waals surface area contributed by atoms with Gasteiger partial charge in [0.15, 0.2) is 0 Å². The lowest BCUT2D eigenvalue weighted by Gasteiger charge is -2.30. The molecule has 204 valence electrons. The molecule has 2 amide bonds. The number of rotatable bonds is 14. The third-order valence-corrected chi connectivity index (χ3v) is 7.23. The van der Waals surface area contributed by atoms with Crippen molar-refractivity contribution >= 4 is 27.5 Å². The Kier molecular flexibility index (Phi) is 11.4. The molecular formula is C27H38FN3O5S. The number of anilines is 1. The summed E-state index contributed by atoms with van der Waals surface area (Å²) < 4.78 is 46.4. The third kappa shape index (κ3) is 8.73. The number of nitrogens with zero attached hydrogens (tertiary/aromatic N) is 2. The molecule has 0 aliphatic heterocycles. The van der Waals surface area contributed by atoms with E-state index >= 15 is 0 Å². The number of amides is 2. The van der Waals surface area contributed by atoms with Gasteiger partial charge in [0.05, 0.1) is 18.6 Å². The van der Waals surface area contributed by atoms with Gasteiger partial charge in [-0.3, -0.25) is 13.9 Å². The average Bonchev–Trinajstić information content (AvgIpc) is 2.85. The number of carbonyl (C=O) groups is 2. The largest absolute Gasteiger partial charge is 0.492 e. The maximum Gasteiger partial charge on any atom is 0.242 e. The van der Waals surface area contributed by atoms with Gasteiger partial charge in [-0.2, -0.15) is 0 Å². The minimum Gasteiger partial charge on any atom is -0.492 e. The van der Waals surface area contributed by atoms with Crippen LogP contribution in [0.25, 0.3) is 0 Å². The molecule has 2 rings (SSSR count). The highest BCUT2D eigenvalue weighted by molar-refractivity contribution is 7.92. The summed E-state index contributed by atoms with van der Waals surface area (Å²) in [6.45, 7) is 7.55. The Hall–Kier alpha value is -3.14. The van der Waals surface area contributed by atoms with E-state index in [0.717, 1.165) is 12.7 Å². The second-order valence-electron chi connectivity index (χ2n) is 8.95. The standard InChI is InChI=1S/C27H38FN3O5S/c1-6-20(3)29-27(33)21(4)30(19-22-13-8-9-14-23(22)28)26(32)17-12-18-31(37(5,34)35)24-15-10-11-16-25(24)36-7-2/h8-11,13-16,20-21H,6-7,12,17-19H2,1-5H3,(H,29,33). The molecule has 0 aromatic heterocycles. The van der Waals surface area contributed by atoms with Crippen LogP contribution in [0.1, 0.15) is 52.5 Å². The number of para-hydroxylation sites is 2. The fraction of sp³-hybridized carbons (Fsp3) is 0.481. The van der Waals surface area contributed by atoms with Crippen LogP contribution in [0, 0.1) is 5.82 Å². The normalized spacial score (nSPS) is 12.9. The van der Waals surface area contributed by atoms with Crippen molar-refractivity contribution in [3.05, 3.63) is 59.9 Å². The summed E-state index contributed by atoms with van der Waals surface area (Å²) in [6, 6.07) is 12.0. The van der Waals surface area contributed by atoms with Crippen molar-refractivity contribution in [2.75, 3.05) is 23.7 Å². The highest BCUT2D eigenvalue weighted by Crippen LogP contribution is 2.30. The first kappa shape index (κ1) is 30.1. The third-order valence-electron chi connectivity index (χ3n) is 6.05. The monoisotopic (exact) mass is 535 g/mol. The molecule has 0 aliphatic carbocycles. The van der Waals surface area contributed by atoms with E-state index in [-0.39, 0.29) is 43.8 Å². The van der Waals surface area contributed by atoms with Gasteiger partial charge < -0.3 is 15.0 Å². The summed E-state index contributed by atoms with van der Waals surface area (Å²) in [4.78, 5) is 27.5. The molecule has 2 atom stereocenters. The van der Waals surface area contributed by atoms with Crippen molar-refractivity contribution in [2.24, 2.45) is 0 Å². The predicted octanol–water partition coefficient (Wildman–Crippen LogP) is 4.10. The fourth-order valence-corrected chi connectivity index (χ4v) is 4.75. The van der Waals surface area contributed by atoms with Gasteiger partial charge in [-0.1, -0.05) is 37.3 Å². The predicted molar refractivity (Wildman–Crippen MR) is 143 cm³/mol. The lowest BCUT2D eigenvalue weighted by molar-refractivity contribution is -0.141. The second-order valence-corrected chi connectivity index (χ2v) is 10.9. The van der Waals surface area contributed by atoms with E-state index in [4.69, 9.17) is 4.74 Å². The zero-order valence-electron chi connectivity index (χ0n) is 22.2. The maximum absolute atomic E-state index is 14.4. The smallest absolute Gasteiger partial charge is 0.242 e. The Morgan fingerprint density at radius 1 is 1.05 bits per heavy atom. The first-order valence-electron chi connectivity index (χ1n) is 12.5. The first-order valence-corrected chi connectivity index (χ1v) is 14.4. The number of carbonyl (C=O) groups excluding carboxylic acids is 2. The van der Waals surface area contributed by atoms with Gasteiger partial charge in [-0.05, 0) is 51.8 Å². The molecule has 0 radical (unpaired) electrons. The van der Waals surface area contributed by atoms with E-state index in [2.05, 4.69) is 5.32 Å². The Morgan fingerprint density at radius 3 is 2.32 bits per heavy atom. The summed E-state index contributed by atoms with van der Waals surface area (Å²) in [6.07, 6.45) is 1.99. The Labute approximate surface area is 219 Å². The number of sulfonamides is 1. The molecule has 0 saturated carbocycles. The molecule has 0 aliphatic rings. The van der Waals surface area contributed by atoms with Crippen molar-refractivity contribution in [2.45, 2.75) is 65.6 Å². The SMILES string of the molecule is CCOc1ccccc1N(CCCC(=O)N(Cc1ccccc1F)C(C)C(=O)NC(C)CC)S(C)(=O)=O. The van der Waals surface area contributed by atoms with Crippen molar-refractivity contribution in [1.82, 2.24) is 10.2 Å². The number of halogens is 1. The fourth-order valence-electron chi connectivity index (χ4n) is 3.78. The molecule has 37 heavy (non-hydrogen) atoms. The van der Waals surface area contributed by atoms with Crippen molar-refractivity contribution in [3.8, 4) is 5.75 Å². The summed E-state index contributed by atoms with van der Waals surface area (Å²) >= 11 is 0. The minimum atomic E-state index is -3.66. The lowest BCUT2D eigenvalue weighted by atomic mass is 10.1. The van der Waals surface area contributed by atoms with E-state index in [0.29, 0.717) is 23.6 Å². The van der Waals surface area contributed by atoms with Gasteiger partial charge in [0.1, 0.15) is 17.6 Å². The number of nitrogens with one attached hydrogen (secondary N) is 1. The maximum atomic E-state index is 14.4. The van der Waals surface area contributed by atoms with Crippen molar-refractivity contribution < 1.29 is 27.1 Å². The van der Waals surface area contributed by atoms with Crippen LogP contribution < -0.4 is 14.4 Å². The molecule has 2 aromatic carbocycles. The van der Waals surface area contributed by atoms with Crippen LogP contribution in [0.15, 0.2) is 48.5 Å². The Bertz CT molecular complexity index is 1160. The zero-order chi connectivity index (χ0) is 27.6. The summed E-state index contributed by atoms with van der Waals surface area (Å²) in [7, 11) is -3.66. The molecule has 0 heterocycles. The summed E-state index contributed by atoms with van der Waals surface area (Å²) in [5.41, 5.74) is 0.686. The molecule has 2 unspecified atom stereocenters. The Balaban J connectivity index is 2.22. The highest BCUT2D eigenvalue weighted by atomic mass is 32.2. The van der Waals surface area contributed by atoms with Gasteiger partial charge in [-0.25, -0.2) is 12.8 Å². The number of benzene rings is 2. The van der Waals surface area contributed by atoms with Crippen LogP contribution in [0.3, 0.4) is 0 Å². The van der Waals surface area contributed by atoms with Crippen LogP contribution in [0.2, 0.25) is 0 Å². The van der Waals surface area contributed by atoms with Crippen molar-refractivity contribution in [3.63, 3.8) is 0 Å². The topological polar surface area (TPSA) is 96.0 Å². The first-order chi connectivity index (χ1) is 17.5. The molecule has 10 heteroatoms.